The summed E-state index contributed by atoms with van der Waals surface area (Å²) in [5.74, 6) is 0. The molecule has 0 aromatic heterocycles. The van der Waals surface area contributed by atoms with Gasteiger partial charge in [-0.3, -0.25) is 0 Å². The molecule has 2 nitrogen and oxygen atoms in total. The summed E-state index contributed by atoms with van der Waals surface area (Å²) in [5.41, 5.74) is 0. The summed E-state index contributed by atoms with van der Waals surface area (Å²) in [5, 5.41) is 0. The molecule has 0 aliphatic carbocycles. The van der Waals surface area contributed by atoms with E-state index in [1.807, 2.05) is 0 Å². The molecule has 84 valence electrons. The van der Waals surface area contributed by atoms with Crippen LogP contribution in [0.15, 0.2) is 0 Å². The minimum Gasteiger partial charge on any atom is -0.371 e. The van der Waals surface area contributed by atoms with Crippen molar-refractivity contribution in [2.75, 3.05) is 13.2 Å². The van der Waals surface area contributed by atoms with Gasteiger partial charge < -0.3 is 9.47 Å². The molecule has 1 fully saturated rings. The van der Waals surface area contributed by atoms with E-state index in [2.05, 4.69) is 9.47 Å². The Kier molecular flexibility index (Phi) is 2.96. The second-order valence-corrected chi connectivity index (χ2v) is 2.73. The standard InChI is InChI=1S/C6H6F6O2/c7-4(5(8,9)10)6(11,12)14-2-3-1-13-3/h3-4H,1-2H2/t3-,4-/m0/s1. The lowest BCUT2D eigenvalue weighted by molar-refractivity contribution is -0.336. The number of epoxide rings is 1. The summed E-state index contributed by atoms with van der Waals surface area (Å²) in [6, 6.07) is 0. The molecule has 1 aliphatic rings. The molecule has 14 heavy (non-hydrogen) atoms. The average Bonchev–Trinajstić information content (AvgIpc) is 2.81. The van der Waals surface area contributed by atoms with Gasteiger partial charge in [-0.15, -0.1) is 0 Å². The van der Waals surface area contributed by atoms with Crippen LogP contribution in [0.3, 0.4) is 0 Å². The van der Waals surface area contributed by atoms with Crippen molar-refractivity contribution in [2.45, 2.75) is 24.6 Å². The largest absolute Gasteiger partial charge is 0.428 e. The molecule has 0 aromatic carbocycles. The van der Waals surface area contributed by atoms with Gasteiger partial charge in [-0.25, -0.2) is 4.39 Å². The van der Waals surface area contributed by atoms with E-state index in [4.69, 9.17) is 0 Å². The zero-order valence-electron chi connectivity index (χ0n) is 6.65. The molecule has 0 saturated carbocycles. The fourth-order valence-corrected chi connectivity index (χ4v) is 0.632. The van der Waals surface area contributed by atoms with Gasteiger partial charge in [-0.1, -0.05) is 0 Å². The number of ether oxygens (including phenoxy) is 2. The van der Waals surface area contributed by atoms with Gasteiger partial charge in [0.05, 0.1) is 13.2 Å². The number of alkyl halides is 6. The first-order valence-electron chi connectivity index (χ1n) is 3.57. The van der Waals surface area contributed by atoms with Crippen LogP contribution in [0.2, 0.25) is 0 Å². The topological polar surface area (TPSA) is 21.8 Å². The summed E-state index contributed by atoms with van der Waals surface area (Å²) in [6.45, 7) is -0.609. The zero-order chi connectivity index (χ0) is 11.0. The Morgan fingerprint density at radius 1 is 1.29 bits per heavy atom. The lowest BCUT2D eigenvalue weighted by Gasteiger charge is -2.21. The van der Waals surface area contributed by atoms with Crippen molar-refractivity contribution < 1.29 is 35.8 Å². The highest BCUT2D eigenvalue weighted by Gasteiger charge is 2.58. The third kappa shape index (κ3) is 3.02. The van der Waals surface area contributed by atoms with Gasteiger partial charge in [0, 0.05) is 0 Å². The number of hydrogen-bond donors (Lipinski definition) is 0. The van der Waals surface area contributed by atoms with Crippen molar-refractivity contribution in [2.24, 2.45) is 0 Å². The maximum Gasteiger partial charge on any atom is 0.428 e. The highest BCUT2D eigenvalue weighted by atomic mass is 19.4. The number of hydrogen-bond acceptors (Lipinski definition) is 2. The Hall–Kier alpha value is -0.500. The smallest absolute Gasteiger partial charge is 0.371 e. The van der Waals surface area contributed by atoms with Crippen LogP contribution in [0.25, 0.3) is 0 Å². The summed E-state index contributed by atoms with van der Waals surface area (Å²) in [6.07, 6.45) is -15.5. The minimum atomic E-state index is -5.63. The maximum absolute atomic E-state index is 12.3. The predicted octanol–water partition coefficient (Wildman–Crippen LogP) is 1.89. The van der Waals surface area contributed by atoms with E-state index in [1.165, 1.54) is 0 Å². The van der Waals surface area contributed by atoms with Crippen LogP contribution in [0.4, 0.5) is 26.3 Å². The Morgan fingerprint density at radius 2 is 1.79 bits per heavy atom. The number of rotatable bonds is 4. The Morgan fingerprint density at radius 3 is 2.14 bits per heavy atom. The molecule has 0 radical (unpaired) electrons. The van der Waals surface area contributed by atoms with E-state index >= 15 is 0 Å². The SMILES string of the molecule is F[C@@H](C(F)(F)F)C(F)(F)OC[C@@H]1CO1. The van der Waals surface area contributed by atoms with Gasteiger partial charge >= 0.3 is 12.3 Å². The molecule has 1 rings (SSSR count). The Bertz CT molecular complexity index is 199. The van der Waals surface area contributed by atoms with Crippen LogP contribution in [0.1, 0.15) is 0 Å². The lowest BCUT2D eigenvalue weighted by atomic mass is 10.3. The van der Waals surface area contributed by atoms with Crippen LogP contribution in [0.5, 0.6) is 0 Å². The van der Waals surface area contributed by atoms with Crippen molar-refractivity contribution in [1.29, 1.82) is 0 Å². The monoisotopic (exact) mass is 224 g/mol. The van der Waals surface area contributed by atoms with Crippen LogP contribution in [-0.4, -0.2) is 37.8 Å². The molecule has 1 saturated heterocycles. The van der Waals surface area contributed by atoms with Crippen molar-refractivity contribution >= 4 is 0 Å². The molecule has 1 aliphatic heterocycles. The summed E-state index contributed by atoms with van der Waals surface area (Å²) in [4.78, 5) is 0. The van der Waals surface area contributed by atoms with Crippen molar-refractivity contribution in [3.63, 3.8) is 0 Å². The van der Waals surface area contributed by atoms with Gasteiger partial charge in [0.15, 0.2) is 0 Å². The summed E-state index contributed by atoms with van der Waals surface area (Å²) >= 11 is 0. The normalized spacial score (nSPS) is 24.9. The molecule has 0 aromatic rings. The van der Waals surface area contributed by atoms with Crippen LogP contribution in [-0.2, 0) is 9.47 Å². The highest BCUT2D eigenvalue weighted by Crippen LogP contribution is 2.36. The second kappa shape index (κ2) is 3.58. The van der Waals surface area contributed by atoms with Gasteiger partial charge in [-0.05, 0) is 0 Å². The quantitative estimate of drug-likeness (QED) is 0.537. The second-order valence-electron chi connectivity index (χ2n) is 2.73. The molecular weight excluding hydrogens is 218 g/mol. The molecule has 0 spiro atoms. The van der Waals surface area contributed by atoms with Gasteiger partial charge in [-0.2, -0.15) is 22.0 Å². The highest BCUT2D eigenvalue weighted by molar-refractivity contribution is 4.77. The van der Waals surface area contributed by atoms with Crippen molar-refractivity contribution in [1.82, 2.24) is 0 Å². The molecule has 0 N–H and O–H groups in total. The van der Waals surface area contributed by atoms with Crippen molar-refractivity contribution in [3.8, 4) is 0 Å². The molecule has 0 unspecified atom stereocenters. The average molecular weight is 224 g/mol. The Labute approximate surface area is 74.8 Å². The van der Waals surface area contributed by atoms with E-state index in [1.54, 1.807) is 0 Å². The Balaban J connectivity index is 2.44. The maximum atomic E-state index is 12.3. The van der Waals surface area contributed by atoms with Gasteiger partial charge in [0.2, 0.25) is 0 Å². The van der Waals surface area contributed by atoms with E-state index in [0.29, 0.717) is 0 Å². The van der Waals surface area contributed by atoms with Crippen LogP contribution >= 0.6 is 0 Å². The zero-order valence-corrected chi connectivity index (χ0v) is 6.65. The van der Waals surface area contributed by atoms with E-state index < -0.39 is 31.2 Å². The molecular formula is C6H6F6O2. The molecule has 0 bridgehead atoms. The first-order chi connectivity index (χ1) is 6.23. The summed E-state index contributed by atoms with van der Waals surface area (Å²) in [7, 11) is 0. The van der Waals surface area contributed by atoms with Crippen LogP contribution < -0.4 is 0 Å². The van der Waals surface area contributed by atoms with Gasteiger partial charge in [0.1, 0.15) is 6.10 Å². The lowest BCUT2D eigenvalue weighted by Crippen LogP contribution is -2.44. The minimum absolute atomic E-state index is 0.138. The van der Waals surface area contributed by atoms with E-state index in [9.17, 15) is 26.3 Å². The molecule has 8 heteroatoms. The molecule has 2 atom stereocenters. The number of halogens is 6. The first kappa shape index (κ1) is 11.6. The first-order valence-corrected chi connectivity index (χ1v) is 3.57. The van der Waals surface area contributed by atoms with Gasteiger partial charge in [0.25, 0.3) is 6.17 Å². The third-order valence-corrected chi connectivity index (χ3v) is 1.45. The molecule has 0 amide bonds. The summed E-state index contributed by atoms with van der Waals surface area (Å²) < 4.78 is 79.2. The molecule has 1 heterocycles. The van der Waals surface area contributed by atoms with E-state index in [-0.39, 0.29) is 6.61 Å². The fourth-order valence-electron chi connectivity index (χ4n) is 0.632. The van der Waals surface area contributed by atoms with Crippen molar-refractivity contribution in [3.05, 3.63) is 0 Å². The predicted molar refractivity (Wildman–Crippen MR) is 31.6 cm³/mol. The van der Waals surface area contributed by atoms with E-state index in [0.717, 1.165) is 0 Å². The fraction of sp³-hybridized carbons (Fsp3) is 1.00. The van der Waals surface area contributed by atoms with Crippen LogP contribution in [0, 0.1) is 0 Å². The third-order valence-electron chi connectivity index (χ3n) is 1.45.